The van der Waals surface area contributed by atoms with E-state index in [1.54, 1.807) is 6.26 Å². The molecule has 0 bridgehead atoms. The lowest BCUT2D eigenvalue weighted by Gasteiger charge is -2.22. The maximum absolute atomic E-state index is 12.1. The van der Waals surface area contributed by atoms with Gasteiger partial charge in [-0.15, -0.1) is 0 Å². The van der Waals surface area contributed by atoms with E-state index in [4.69, 9.17) is 9.15 Å². The summed E-state index contributed by atoms with van der Waals surface area (Å²) >= 11 is 0. The Labute approximate surface area is 130 Å². The Kier molecular flexibility index (Phi) is 4.18. The van der Waals surface area contributed by atoms with Gasteiger partial charge in [0.05, 0.1) is 12.3 Å². The number of fused-ring (bicyclic) bond motifs is 1. The SMILES string of the molecule is Cc1ccc(OCC(=O)NC2CCCc3occc32)cc1C. The number of hydrogen-bond acceptors (Lipinski definition) is 3. The van der Waals surface area contributed by atoms with Crippen LogP contribution < -0.4 is 10.1 Å². The van der Waals surface area contributed by atoms with Gasteiger partial charge in [0.15, 0.2) is 6.61 Å². The van der Waals surface area contributed by atoms with Crippen molar-refractivity contribution < 1.29 is 13.9 Å². The molecule has 1 aromatic carbocycles. The van der Waals surface area contributed by atoms with E-state index in [0.29, 0.717) is 0 Å². The summed E-state index contributed by atoms with van der Waals surface area (Å²) in [5.74, 6) is 1.62. The monoisotopic (exact) mass is 299 g/mol. The average Bonchev–Trinajstić information content (AvgIpc) is 2.98. The lowest BCUT2D eigenvalue weighted by Crippen LogP contribution is -2.34. The molecular weight excluding hydrogens is 278 g/mol. The molecule has 3 rings (SSSR count). The van der Waals surface area contributed by atoms with Crippen molar-refractivity contribution in [1.29, 1.82) is 0 Å². The first-order valence-corrected chi connectivity index (χ1v) is 7.69. The third kappa shape index (κ3) is 3.16. The number of rotatable bonds is 4. The molecule has 1 atom stereocenters. The highest BCUT2D eigenvalue weighted by atomic mass is 16.5. The molecule has 2 aromatic rings. The van der Waals surface area contributed by atoms with E-state index < -0.39 is 0 Å². The molecule has 1 aliphatic carbocycles. The Hall–Kier alpha value is -2.23. The van der Waals surface area contributed by atoms with Crippen molar-refractivity contribution in [2.24, 2.45) is 0 Å². The van der Waals surface area contributed by atoms with Crippen LogP contribution in [0.4, 0.5) is 0 Å². The number of carbonyl (C=O) groups excluding carboxylic acids is 1. The summed E-state index contributed by atoms with van der Waals surface area (Å²) < 4.78 is 11.0. The van der Waals surface area contributed by atoms with Gasteiger partial charge >= 0.3 is 0 Å². The first kappa shape index (κ1) is 14.7. The predicted octanol–water partition coefficient (Wildman–Crippen LogP) is 3.47. The van der Waals surface area contributed by atoms with Gasteiger partial charge in [-0.1, -0.05) is 6.07 Å². The third-order valence-corrected chi connectivity index (χ3v) is 4.24. The second kappa shape index (κ2) is 6.26. The average molecular weight is 299 g/mol. The number of furan rings is 1. The molecule has 1 N–H and O–H groups in total. The van der Waals surface area contributed by atoms with Crippen LogP contribution in [0, 0.1) is 13.8 Å². The van der Waals surface area contributed by atoms with E-state index in [9.17, 15) is 4.79 Å². The second-order valence-electron chi connectivity index (χ2n) is 5.85. The van der Waals surface area contributed by atoms with Gasteiger partial charge < -0.3 is 14.5 Å². The minimum absolute atomic E-state index is 0.0339. The van der Waals surface area contributed by atoms with Crippen LogP contribution in [0.3, 0.4) is 0 Å². The number of benzene rings is 1. The van der Waals surface area contributed by atoms with Crippen LogP contribution in [0.1, 0.15) is 41.3 Å². The number of ether oxygens (including phenoxy) is 1. The molecule has 0 spiro atoms. The Morgan fingerprint density at radius 1 is 1.32 bits per heavy atom. The molecule has 1 heterocycles. The minimum Gasteiger partial charge on any atom is -0.484 e. The van der Waals surface area contributed by atoms with Gasteiger partial charge in [0.25, 0.3) is 5.91 Å². The predicted molar refractivity (Wildman–Crippen MR) is 83.9 cm³/mol. The first-order valence-electron chi connectivity index (χ1n) is 7.69. The van der Waals surface area contributed by atoms with E-state index in [1.165, 1.54) is 5.56 Å². The van der Waals surface area contributed by atoms with Crippen LogP contribution in [0.15, 0.2) is 34.9 Å². The summed E-state index contributed by atoms with van der Waals surface area (Å²) in [5, 5.41) is 3.03. The third-order valence-electron chi connectivity index (χ3n) is 4.24. The molecule has 116 valence electrons. The number of carbonyl (C=O) groups is 1. The molecule has 0 aliphatic heterocycles. The van der Waals surface area contributed by atoms with Gasteiger partial charge in [0.2, 0.25) is 0 Å². The molecule has 0 radical (unpaired) electrons. The molecule has 0 saturated heterocycles. The summed E-state index contributed by atoms with van der Waals surface area (Å²) in [4.78, 5) is 12.1. The zero-order chi connectivity index (χ0) is 15.5. The van der Waals surface area contributed by atoms with E-state index in [-0.39, 0.29) is 18.6 Å². The highest BCUT2D eigenvalue weighted by Gasteiger charge is 2.24. The fourth-order valence-corrected chi connectivity index (χ4v) is 2.82. The maximum Gasteiger partial charge on any atom is 0.258 e. The quantitative estimate of drug-likeness (QED) is 0.940. The van der Waals surface area contributed by atoms with Crippen LogP contribution in [-0.2, 0) is 11.2 Å². The highest BCUT2D eigenvalue weighted by molar-refractivity contribution is 5.78. The van der Waals surface area contributed by atoms with Gasteiger partial charge in [0, 0.05) is 12.0 Å². The van der Waals surface area contributed by atoms with Crippen LogP contribution >= 0.6 is 0 Å². The summed E-state index contributed by atoms with van der Waals surface area (Å²) in [6.45, 7) is 4.12. The van der Waals surface area contributed by atoms with Crippen molar-refractivity contribution in [3.63, 3.8) is 0 Å². The number of aryl methyl sites for hydroxylation is 3. The lowest BCUT2D eigenvalue weighted by atomic mass is 9.93. The van der Waals surface area contributed by atoms with Crippen LogP contribution in [0.25, 0.3) is 0 Å². The van der Waals surface area contributed by atoms with Crippen LogP contribution in [-0.4, -0.2) is 12.5 Å². The van der Waals surface area contributed by atoms with Crippen molar-refractivity contribution in [3.05, 3.63) is 53.0 Å². The molecule has 1 aromatic heterocycles. The van der Waals surface area contributed by atoms with Gasteiger partial charge in [-0.2, -0.15) is 0 Å². The van der Waals surface area contributed by atoms with E-state index >= 15 is 0 Å². The molecule has 4 nitrogen and oxygen atoms in total. The Morgan fingerprint density at radius 3 is 3.00 bits per heavy atom. The molecule has 1 amide bonds. The summed E-state index contributed by atoms with van der Waals surface area (Å²) in [7, 11) is 0. The van der Waals surface area contributed by atoms with Crippen molar-refractivity contribution in [2.45, 2.75) is 39.2 Å². The number of nitrogens with one attached hydrogen (secondary N) is 1. The molecular formula is C18H21NO3. The fraction of sp³-hybridized carbons (Fsp3) is 0.389. The Balaban J connectivity index is 1.56. The summed E-state index contributed by atoms with van der Waals surface area (Å²) in [6, 6.07) is 7.84. The molecule has 0 fully saturated rings. The minimum atomic E-state index is -0.0997. The number of hydrogen-bond donors (Lipinski definition) is 1. The Bertz CT molecular complexity index is 675. The zero-order valence-electron chi connectivity index (χ0n) is 13.0. The molecule has 1 unspecified atom stereocenters. The zero-order valence-corrected chi connectivity index (χ0v) is 13.0. The summed E-state index contributed by atoms with van der Waals surface area (Å²) in [6.07, 6.45) is 4.62. The van der Waals surface area contributed by atoms with Crippen molar-refractivity contribution in [3.8, 4) is 5.75 Å². The van der Waals surface area contributed by atoms with Gasteiger partial charge in [-0.25, -0.2) is 0 Å². The fourth-order valence-electron chi connectivity index (χ4n) is 2.82. The van der Waals surface area contributed by atoms with Crippen molar-refractivity contribution in [1.82, 2.24) is 5.32 Å². The molecule has 0 saturated carbocycles. The largest absolute Gasteiger partial charge is 0.484 e. The van der Waals surface area contributed by atoms with Crippen LogP contribution in [0.5, 0.6) is 5.75 Å². The molecule has 4 heteroatoms. The standard InChI is InChI=1S/C18H21NO3/c1-12-6-7-14(10-13(12)2)22-11-18(20)19-16-4-3-5-17-15(16)8-9-21-17/h6-10,16H,3-5,11H2,1-2H3,(H,19,20). The van der Waals surface area contributed by atoms with Gasteiger partial charge in [-0.3, -0.25) is 4.79 Å². The first-order chi connectivity index (χ1) is 10.6. The van der Waals surface area contributed by atoms with E-state index in [0.717, 1.165) is 41.9 Å². The molecule has 1 aliphatic rings. The van der Waals surface area contributed by atoms with Crippen molar-refractivity contribution >= 4 is 5.91 Å². The summed E-state index contributed by atoms with van der Waals surface area (Å²) in [5.41, 5.74) is 3.48. The van der Waals surface area contributed by atoms with E-state index in [1.807, 2.05) is 31.2 Å². The second-order valence-corrected chi connectivity index (χ2v) is 5.85. The van der Waals surface area contributed by atoms with Gasteiger partial charge in [-0.05, 0) is 56.0 Å². The highest BCUT2D eigenvalue weighted by Crippen LogP contribution is 2.30. The normalized spacial score (nSPS) is 16.9. The van der Waals surface area contributed by atoms with Gasteiger partial charge in [0.1, 0.15) is 11.5 Å². The smallest absolute Gasteiger partial charge is 0.258 e. The van der Waals surface area contributed by atoms with Crippen molar-refractivity contribution in [2.75, 3.05) is 6.61 Å². The topological polar surface area (TPSA) is 51.5 Å². The molecule has 22 heavy (non-hydrogen) atoms. The lowest BCUT2D eigenvalue weighted by molar-refractivity contribution is -0.124. The Morgan fingerprint density at radius 2 is 2.18 bits per heavy atom. The number of amides is 1. The van der Waals surface area contributed by atoms with Crippen LogP contribution in [0.2, 0.25) is 0 Å². The van der Waals surface area contributed by atoms with E-state index in [2.05, 4.69) is 12.2 Å². The maximum atomic E-state index is 12.1.